The van der Waals surface area contributed by atoms with Gasteiger partial charge in [0, 0.05) is 24.5 Å². The monoisotopic (exact) mass is 271 g/mol. The summed E-state index contributed by atoms with van der Waals surface area (Å²) in [6.45, 7) is 0. The number of rotatable bonds is 3. The van der Waals surface area contributed by atoms with Crippen molar-refractivity contribution in [1.82, 2.24) is 10.3 Å². The molecule has 1 aromatic heterocycles. The van der Waals surface area contributed by atoms with Crippen molar-refractivity contribution >= 4 is 17.5 Å². The summed E-state index contributed by atoms with van der Waals surface area (Å²) >= 11 is 0. The molecule has 1 heterocycles. The van der Waals surface area contributed by atoms with Crippen LogP contribution in [-0.2, 0) is 0 Å². The van der Waals surface area contributed by atoms with E-state index in [9.17, 15) is 14.7 Å². The van der Waals surface area contributed by atoms with E-state index >= 15 is 0 Å². The van der Waals surface area contributed by atoms with Crippen molar-refractivity contribution in [2.45, 2.75) is 0 Å². The van der Waals surface area contributed by atoms with Crippen LogP contribution < -0.4 is 10.6 Å². The van der Waals surface area contributed by atoms with E-state index < -0.39 is 5.91 Å². The van der Waals surface area contributed by atoms with Gasteiger partial charge in [0.05, 0.1) is 11.8 Å². The average molecular weight is 271 g/mol. The lowest BCUT2D eigenvalue weighted by atomic mass is 10.2. The second kappa shape index (κ2) is 5.83. The highest BCUT2D eigenvalue weighted by Crippen LogP contribution is 2.14. The molecule has 3 N–H and O–H groups in total. The fourth-order valence-corrected chi connectivity index (χ4v) is 1.64. The van der Waals surface area contributed by atoms with Crippen LogP contribution in [-0.4, -0.2) is 29.0 Å². The Morgan fingerprint density at radius 2 is 1.90 bits per heavy atom. The van der Waals surface area contributed by atoms with Gasteiger partial charge in [0.2, 0.25) is 0 Å². The molecule has 6 heteroatoms. The standard InChI is InChI=1S/C14H13N3O3/c1-15-13(19)9-3-2-4-11(5-9)17-14(20)10-6-12(18)8-16-7-10/h2-8,18H,1H3,(H,15,19)(H,17,20). The lowest BCUT2D eigenvalue weighted by molar-refractivity contribution is 0.0961. The molecule has 0 saturated carbocycles. The molecule has 0 radical (unpaired) electrons. The number of amides is 2. The summed E-state index contributed by atoms with van der Waals surface area (Å²) in [6.07, 6.45) is 2.58. The highest BCUT2D eigenvalue weighted by molar-refractivity contribution is 6.05. The number of hydrogen-bond acceptors (Lipinski definition) is 4. The van der Waals surface area contributed by atoms with Gasteiger partial charge in [-0.05, 0) is 24.3 Å². The SMILES string of the molecule is CNC(=O)c1cccc(NC(=O)c2cncc(O)c2)c1. The van der Waals surface area contributed by atoms with Crippen molar-refractivity contribution in [2.24, 2.45) is 0 Å². The van der Waals surface area contributed by atoms with E-state index in [0.29, 0.717) is 11.3 Å². The molecule has 6 nitrogen and oxygen atoms in total. The highest BCUT2D eigenvalue weighted by atomic mass is 16.3. The largest absolute Gasteiger partial charge is 0.506 e. The maximum absolute atomic E-state index is 12.0. The van der Waals surface area contributed by atoms with Crippen LogP contribution in [0.25, 0.3) is 0 Å². The zero-order valence-corrected chi connectivity index (χ0v) is 10.8. The molecule has 0 saturated heterocycles. The number of benzene rings is 1. The molecule has 0 atom stereocenters. The third-order valence-electron chi connectivity index (χ3n) is 2.60. The Bertz CT molecular complexity index is 656. The van der Waals surface area contributed by atoms with Crippen LogP contribution >= 0.6 is 0 Å². The number of carbonyl (C=O) groups excluding carboxylic acids is 2. The lowest BCUT2D eigenvalue weighted by Gasteiger charge is -2.07. The van der Waals surface area contributed by atoms with Crippen LogP contribution in [0, 0.1) is 0 Å². The summed E-state index contributed by atoms with van der Waals surface area (Å²) in [5.74, 6) is -0.737. The van der Waals surface area contributed by atoms with Gasteiger partial charge in [-0.15, -0.1) is 0 Å². The smallest absolute Gasteiger partial charge is 0.257 e. The first-order chi connectivity index (χ1) is 9.60. The number of nitrogens with one attached hydrogen (secondary N) is 2. The number of anilines is 1. The van der Waals surface area contributed by atoms with Crippen molar-refractivity contribution in [3.63, 3.8) is 0 Å². The van der Waals surface area contributed by atoms with Gasteiger partial charge in [0.1, 0.15) is 5.75 Å². The van der Waals surface area contributed by atoms with Crippen LogP contribution in [0.2, 0.25) is 0 Å². The van der Waals surface area contributed by atoms with Crippen molar-refractivity contribution in [1.29, 1.82) is 0 Å². The number of pyridine rings is 1. The van der Waals surface area contributed by atoms with Gasteiger partial charge < -0.3 is 15.7 Å². The molecule has 2 amide bonds. The highest BCUT2D eigenvalue weighted by Gasteiger charge is 2.09. The minimum Gasteiger partial charge on any atom is -0.506 e. The first-order valence-corrected chi connectivity index (χ1v) is 5.87. The van der Waals surface area contributed by atoms with Crippen molar-refractivity contribution < 1.29 is 14.7 Å². The average Bonchev–Trinajstić information content (AvgIpc) is 2.46. The number of nitrogens with zero attached hydrogens (tertiary/aromatic N) is 1. The third-order valence-corrected chi connectivity index (χ3v) is 2.60. The topological polar surface area (TPSA) is 91.3 Å². The summed E-state index contributed by atoms with van der Waals surface area (Å²) < 4.78 is 0. The Morgan fingerprint density at radius 3 is 2.60 bits per heavy atom. The van der Waals surface area contributed by atoms with E-state index in [1.807, 2.05) is 0 Å². The van der Waals surface area contributed by atoms with E-state index in [-0.39, 0.29) is 17.2 Å². The molecule has 2 rings (SSSR count). The number of hydrogen-bond donors (Lipinski definition) is 3. The summed E-state index contributed by atoms with van der Waals surface area (Å²) in [5, 5.41) is 14.4. The van der Waals surface area contributed by atoms with Gasteiger partial charge >= 0.3 is 0 Å². The predicted octanol–water partition coefficient (Wildman–Crippen LogP) is 1.40. The van der Waals surface area contributed by atoms with E-state index in [1.54, 1.807) is 24.3 Å². The Morgan fingerprint density at radius 1 is 1.10 bits per heavy atom. The molecule has 1 aromatic carbocycles. The van der Waals surface area contributed by atoms with E-state index in [4.69, 9.17) is 0 Å². The van der Waals surface area contributed by atoms with Crippen molar-refractivity contribution in [2.75, 3.05) is 12.4 Å². The summed E-state index contributed by atoms with van der Waals surface area (Å²) in [4.78, 5) is 27.2. The quantitative estimate of drug-likeness (QED) is 0.787. The first-order valence-electron chi connectivity index (χ1n) is 5.87. The number of aromatic nitrogens is 1. The molecule has 0 unspecified atom stereocenters. The molecule has 0 fully saturated rings. The Hall–Kier alpha value is -2.89. The third kappa shape index (κ3) is 3.11. The molecule has 0 aliphatic rings. The van der Waals surface area contributed by atoms with Gasteiger partial charge in [-0.3, -0.25) is 14.6 Å². The van der Waals surface area contributed by atoms with Crippen molar-refractivity contribution in [3.05, 3.63) is 53.9 Å². The molecule has 0 spiro atoms. The molecule has 0 aliphatic carbocycles. The maximum atomic E-state index is 12.0. The fourth-order valence-electron chi connectivity index (χ4n) is 1.64. The fraction of sp³-hybridized carbons (Fsp3) is 0.0714. The van der Waals surface area contributed by atoms with Crippen LogP contribution in [0.15, 0.2) is 42.7 Å². The second-order valence-electron chi connectivity index (χ2n) is 4.05. The number of carbonyl (C=O) groups is 2. The normalized spacial score (nSPS) is 9.85. The van der Waals surface area contributed by atoms with E-state index in [0.717, 1.165) is 0 Å². The first kappa shape index (κ1) is 13.5. The minimum atomic E-state index is -0.414. The van der Waals surface area contributed by atoms with Gasteiger partial charge in [0.15, 0.2) is 0 Å². The Balaban J connectivity index is 2.18. The molecular formula is C14H13N3O3. The van der Waals surface area contributed by atoms with Crippen LogP contribution in [0.1, 0.15) is 20.7 Å². The molecule has 2 aromatic rings. The van der Waals surface area contributed by atoms with Crippen LogP contribution in [0.3, 0.4) is 0 Å². The van der Waals surface area contributed by atoms with E-state index in [2.05, 4.69) is 15.6 Å². The van der Waals surface area contributed by atoms with Crippen LogP contribution in [0.5, 0.6) is 5.75 Å². The summed E-state index contributed by atoms with van der Waals surface area (Å²) in [6, 6.07) is 7.85. The molecule has 0 aliphatic heterocycles. The summed E-state index contributed by atoms with van der Waals surface area (Å²) in [7, 11) is 1.53. The molecular weight excluding hydrogens is 258 g/mol. The maximum Gasteiger partial charge on any atom is 0.257 e. The lowest BCUT2D eigenvalue weighted by Crippen LogP contribution is -2.18. The summed E-state index contributed by atoms with van der Waals surface area (Å²) in [5.41, 5.74) is 1.16. The number of aromatic hydroxyl groups is 1. The zero-order chi connectivity index (χ0) is 14.5. The molecule has 0 bridgehead atoms. The zero-order valence-electron chi connectivity index (χ0n) is 10.8. The van der Waals surface area contributed by atoms with Gasteiger partial charge in [0.25, 0.3) is 11.8 Å². The Kier molecular flexibility index (Phi) is 3.95. The minimum absolute atomic E-state index is 0.0863. The van der Waals surface area contributed by atoms with Gasteiger partial charge in [-0.25, -0.2) is 0 Å². The van der Waals surface area contributed by atoms with Crippen molar-refractivity contribution in [3.8, 4) is 5.75 Å². The Labute approximate surface area is 115 Å². The second-order valence-corrected chi connectivity index (χ2v) is 4.05. The van der Waals surface area contributed by atoms with Gasteiger partial charge in [-0.2, -0.15) is 0 Å². The molecule has 102 valence electrons. The predicted molar refractivity (Wildman–Crippen MR) is 73.7 cm³/mol. The van der Waals surface area contributed by atoms with Crippen LogP contribution in [0.4, 0.5) is 5.69 Å². The van der Waals surface area contributed by atoms with E-state index in [1.165, 1.54) is 25.5 Å². The molecule has 20 heavy (non-hydrogen) atoms. The van der Waals surface area contributed by atoms with Gasteiger partial charge in [-0.1, -0.05) is 6.07 Å².